The maximum absolute atomic E-state index is 8.59. The summed E-state index contributed by atoms with van der Waals surface area (Å²) >= 11 is 5.89. The summed E-state index contributed by atoms with van der Waals surface area (Å²) in [6.07, 6.45) is 3.50. The van der Waals surface area contributed by atoms with E-state index in [1.807, 2.05) is 29.6 Å². The average molecular weight is 319 g/mol. The van der Waals surface area contributed by atoms with Crippen molar-refractivity contribution in [2.45, 2.75) is 17.7 Å². The Labute approximate surface area is 124 Å². The van der Waals surface area contributed by atoms with Gasteiger partial charge in [-0.3, -0.25) is 4.98 Å². The van der Waals surface area contributed by atoms with E-state index in [1.165, 1.54) is 5.56 Å². The average Bonchev–Trinajstić information content (AvgIpc) is 2.87. The first-order chi connectivity index (χ1) is 7.84. The molecule has 2 nitrogen and oxygen atoms in total. The van der Waals surface area contributed by atoms with Crippen LogP contribution in [0.2, 0.25) is 0 Å². The van der Waals surface area contributed by atoms with E-state index in [0.717, 1.165) is 17.7 Å². The molecule has 0 atom stereocenters. The summed E-state index contributed by atoms with van der Waals surface area (Å²) in [7, 11) is 0. The van der Waals surface area contributed by atoms with Crippen molar-refractivity contribution >= 4 is 24.0 Å². The van der Waals surface area contributed by atoms with Crippen LogP contribution in [0.4, 0.5) is 0 Å². The number of aromatic nitrogens is 1. The molecule has 0 fully saturated rings. The Morgan fingerprint density at radius 3 is 2.53 bits per heavy atom. The molecule has 0 bridgehead atoms. The molecule has 17 heavy (non-hydrogen) atoms. The SMILES string of the molecule is OCCCc1ccccc1S.[Zn].c1cscn1. The molecule has 1 aromatic heterocycles. The molecule has 0 saturated heterocycles. The van der Waals surface area contributed by atoms with Crippen LogP contribution in [0.25, 0.3) is 0 Å². The van der Waals surface area contributed by atoms with E-state index in [-0.39, 0.29) is 26.1 Å². The van der Waals surface area contributed by atoms with Gasteiger partial charge in [-0.15, -0.1) is 24.0 Å². The van der Waals surface area contributed by atoms with E-state index < -0.39 is 0 Å². The van der Waals surface area contributed by atoms with Crippen molar-refractivity contribution in [2.75, 3.05) is 6.61 Å². The molecule has 0 aliphatic carbocycles. The number of rotatable bonds is 3. The number of hydrogen-bond acceptors (Lipinski definition) is 4. The van der Waals surface area contributed by atoms with E-state index in [1.54, 1.807) is 23.0 Å². The van der Waals surface area contributed by atoms with Crippen LogP contribution in [0.3, 0.4) is 0 Å². The van der Waals surface area contributed by atoms with Gasteiger partial charge in [-0.25, -0.2) is 0 Å². The standard InChI is InChI=1S/C9H12OS.C3H3NS.Zn/c10-7-3-5-8-4-1-2-6-9(8)11;1-2-5-3-4-1;/h1-2,4,6,10-11H,3,5,7H2;1-3H;. The van der Waals surface area contributed by atoms with Gasteiger partial charge < -0.3 is 5.11 Å². The molecule has 1 aromatic carbocycles. The van der Waals surface area contributed by atoms with Crippen molar-refractivity contribution in [2.24, 2.45) is 0 Å². The van der Waals surface area contributed by atoms with E-state index >= 15 is 0 Å². The zero-order chi connectivity index (χ0) is 11.6. The molecular formula is C12H15NOS2Zn. The Morgan fingerprint density at radius 2 is 2.06 bits per heavy atom. The molecule has 2 rings (SSSR count). The molecule has 0 amide bonds. The maximum Gasteiger partial charge on any atom is 0.0791 e. The third-order valence-corrected chi connectivity index (χ3v) is 2.90. The maximum atomic E-state index is 8.59. The Morgan fingerprint density at radius 1 is 1.29 bits per heavy atom. The van der Waals surface area contributed by atoms with Crippen LogP contribution in [-0.2, 0) is 25.9 Å². The monoisotopic (exact) mass is 317 g/mol. The first-order valence-electron chi connectivity index (χ1n) is 5.04. The minimum atomic E-state index is 0. The van der Waals surface area contributed by atoms with Gasteiger partial charge >= 0.3 is 0 Å². The van der Waals surface area contributed by atoms with Gasteiger partial charge in [0.25, 0.3) is 0 Å². The molecule has 1 heterocycles. The number of nitrogens with zero attached hydrogens (tertiary/aromatic N) is 1. The van der Waals surface area contributed by atoms with Crippen LogP contribution in [0.15, 0.2) is 46.2 Å². The molecule has 0 saturated carbocycles. The number of benzene rings is 1. The minimum Gasteiger partial charge on any atom is -0.396 e. The number of aryl methyl sites for hydroxylation is 1. The van der Waals surface area contributed by atoms with Crippen LogP contribution in [0.5, 0.6) is 0 Å². The van der Waals surface area contributed by atoms with Crippen LogP contribution < -0.4 is 0 Å². The number of hydrogen-bond donors (Lipinski definition) is 2. The number of thiazole rings is 1. The van der Waals surface area contributed by atoms with Gasteiger partial charge in [0.2, 0.25) is 0 Å². The van der Waals surface area contributed by atoms with Crippen LogP contribution in [-0.4, -0.2) is 16.7 Å². The topological polar surface area (TPSA) is 33.1 Å². The van der Waals surface area contributed by atoms with Crippen LogP contribution in [0, 0.1) is 0 Å². The van der Waals surface area contributed by atoms with Crippen molar-refractivity contribution in [1.82, 2.24) is 4.98 Å². The third-order valence-electron chi connectivity index (χ3n) is 1.94. The quantitative estimate of drug-likeness (QED) is 0.673. The molecule has 5 heteroatoms. The van der Waals surface area contributed by atoms with Crippen molar-refractivity contribution < 1.29 is 24.6 Å². The Bertz CT molecular complexity index is 365. The fourth-order valence-electron chi connectivity index (χ4n) is 1.17. The summed E-state index contributed by atoms with van der Waals surface area (Å²) in [6.45, 7) is 0.252. The summed E-state index contributed by atoms with van der Waals surface area (Å²) in [5.41, 5.74) is 3.00. The first kappa shape index (κ1) is 16.8. The van der Waals surface area contributed by atoms with E-state index in [9.17, 15) is 0 Å². The molecule has 0 spiro atoms. The number of thiol groups is 1. The normalized spacial score (nSPS) is 8.82. The molecule has 88 valence electrons. The summed E-state index contributed by atoms with van der Waals surface area (Å²) in [5, 5.41) is 10.5. The minimum absolute atomic E-state index is 0. The summed E-state index contributed by atoms with van der Waals surface area (Å²) in [6, 6.07) is 7.96. The van der Waals surface area contributed by atoms with E-state index in [4.69, 9.17) is 5.11 Å². The fraction of sp³-hybridized carbons (Fsp3) is 0.250. The third kappa shape index (κ3) is 7.66. The van der Waals surface area contributed by atoms with E-state index in [2.05, 4.69) is 17.6 Å². The molecule has 0 aliphatic rings. The van der Waals surface area contributed by atoms with E-state index in [0.29, 0.717) is 0 Å². The smallest absolute Gasteiger partial charge is 0.0791 e. The summed E-state index contributed by atoms with van der Waals surface area (Å²) in [5.74, 6) is 0. The largest absolute Gasteiger partial charge is 0.396 e. The van der Waals surface area contributed by atoms with Gasteiger partial charge in [0.15, 0.2) is 0 Å². The molecule has 0 unspecified atom stereocenters. The van der Waals surface area contributed by atoms with Crippen LogP contribution in [0.1, 0.15) is 12.0 Å². The second-order valence-electron chi connectivity index (χ2n) is 3.13. The predicted molar refractivity (Wildman–Crippen MR) is 71.2 cm³/mol. The molecule has 1 N–H and O–H groups in total. The second-order valence-corrected chi connectivity index (χ2v) is 4.37. The molecule has 0 aliphatic heterocycles. The molecule has 2 aromatic rings. The molecular weight excluding hydrogens is 304 g/mol. The Kier molecular flexibility index (Phi) is 10.8. The van der Waals surface area contributed by atoms with Gasteiger partial charge in [-0.2, -0.15) is 0 Å². The van der Waals surface area contributed by atoms with Crippen molar-refractivity contribution in [1.29, 1.82) is 0 Å². The fourth-order valence-corrected chi connectivity index (χ4v) is 1.79. The summed E-state index contributed by atoms with van der Waals surface area (Å²) < 4.78 is 0. The second kappa shape index (κ2) is 10.9. The zero-order valence-corrected chi connectivity index (χ0v) is 14.3. The van der Waals surface area contributed by atoms with Crippen molar-refractivity contribution in [3.05, 3.63) is 46.9 Å². The number of aliphatic hydroxyl groups is 1. The van der Waals surface area contributed by atoms with Gasteiger partial charge in [-0.05, 0) is 24.5 Å². The summed E-state index contributed by atoms with van der Waals surface area (Å²) in [4.78, 5) is 4.76. The molecule has 0 radical (unpaired) electrons. The van der Waals surface area contributed by atoms with Crippen LogP contribution >= 0.6 is 24.0 Å². The number of aliphatic hydroxyl groups excluding tert-OH is 1. The van der Waals surface area contributed by atoms with Gasteiger partial charge in [0.1, 0.15) is 0 Å². The zero-order valence-electron chi connectivity index (χ0n) is 9.62. The van der Waals surface area contributed by atoms with Crippen molar-refractivity contribution in [3.63, 3.8) is 0 Å². The van der Waals surface area contributed by atoms with Gasteiger partial charge in [-0.1, -0.05) is 18.2 Å². The van der Waals surface area contributed by atoms with Crippen molar-refractivity contribution in [3.8, 4) is 0 Å². The van der Waals surface area contributed by atoms with Gasteiger partial charge in [0, 0.05) is 42.6 Å². The predicted octanol–water partition coefficient (Wildman–Crippen LogP) is 3.04. The Hall–Kier alpha value is -0.217. The van der Waals surface area contributed by atoms with Gasteiger partial charge in [0.05, 0.1) is 5.51 Å². The first-order valence-corrected chi connectivity index (χ1v) is 6.43. The Balaban J connectivity index is 0.000000360.